The van der Waals surface area contributed by atoms with Gasteiger partial charge in [0.2, 0.25) is 5.69 Å². The molecule has 5 nitrogen and oxygen atoms in total. The Morgan fingerprint density at radius 3 is 2.00 bits per heavy atom. The van der Waals surface area contributed by atoms with Gasteiger partial charge in [-0.3, -0.25) is 4.79 Å². The highest BCUT2D eigenvalue weighted by Crippen LogP contribution is 2.26. The summed E-state index contributed by atoms with van der Waals surface area (Å²) in [5, 5.41) is 0. The normalized spacial score (nSPS) is 10.7. The minimum Gasteiger partial charge on any atom is -1.00 e. The van der Waals surface area contributed by atoms with E-state index in [0.717, 1.165) is 42.1 Å². The van der Waals surface area contributed by atoms with Crippen molar-refractivity contribution >= 4 is 5.91 Å². The quantitative estimate of drug-likeness (QED) is 0.0747. The summed E-state index contributed by atoms with van der Waals surface area (Å²) in [6.45, 7) is 9.05. The van der Waals surface area contributed by atoms with Crippen LogP contribution in [0.3, 0.4) is 0 Å². The molecule has 2 aromatic carbocycles. The number of carbonyl (C=O) groups is 1. The largest absolute Gasteiger partial charge is 1.00 e. The lowest BCUT2D eigenvalue weighted by Crippen LogP contribution is -3.00. The van der Waals surface area contributed by atoms with Gasteiger partial charge < -0.3 is 38.4 Å². The van der Waals surface area contributed by atoms with E-state index in [0.29, 0.717) is 24.4 Å². The Kier molecular flexibility index (Phi) is 18.8. The van der Waals surface area contributed by atoms with E-state index in [1.165, 1.54) is 70.6 Å². The number of unbranched alkanes of at least 4 members (excludes halogenated alkanes) is 11. The lowest BCUT2D eigenvalue weighted by molar-refractivity contribution is -0.701. The molecule has 0 saturated heterocycles. The first-order valence-corrected chi connectivity index (χ1v) is 16.7. The summed E-state index contributed by atoms with van der Waals surface area (Å²) in [6, 6.07) is 19.8. The average molecular weight is 715 g/mol. The van der Waals surface area contributed by atoms with Gasteiger partial charge in [0.1, 0.15) is 24.6 Å². The van der Waals surface area contributed by atoms with E-state index in [2.05, 4.69) is 43.7 Å². The van der Waals surface area contributed by atoms with Crippen LogP contribution in [0.4, 0.5) is 0 Å². The van der Waals surface area contributed by atoms with E-state index in [-0.39, 0.29) is 29.9 Å². The number of hydrogen-bond donors (Lipinski definition) is 0. The molecule has 0 aliphatic carbocycles. The van der Waals surface area contributed by atoms with Crippen LogP contribution in [0.5, 0.6) is 11.5 Å². The fourth-order valence-electron chi connectivity index (χ4n) is 5.67. The number of rotatable bonds is 21. The predicted molar refractivity (Wildman–Crippen MR) is 177 cm³/mol. The number of para-hydroxylation sites is 1. The van der Waals surface area contributed by atoms with E-state index in [1.807, 2.05) is 53.4 Å². The van der Waals surface area contributed by atoms with E-state index in [4.69, 9.17) is 9.47 Å². The fourth-order valence-corrected chi connectivity index (χ4v) is 5.67. The number of methoxy groups -OCH3 is 1. The zero-order chi connectivity index (χ0) is 30.7. The second-order valence-electron chi connectivity index (χ2n) is 11.6. The minimum atomic E-state index is -0.0498. The van der Waals surface area contributed by atoms with Crippen molar-refractivity contribution in [2.75, 3.05) is 13.7 Å². The number of carbonyl (C=O) groups excluding carboxylic acids is 1. The summed E-state index contributed by atoms with van der Waals surface area (Å²) in [6.07, 6.45) is 18.1. The van der Waals surface area contributed by atoms with Crippen LogP contribution in [-0.2, 0) is 19.6 Å². The fraction of sp³-hybridized carbons (Fsp3) is 0.526. The summed E-state index contributed by atoms with van der Waals surface area (Å²) in [4.78, 5) is 15.9. The van der Waals surface area contributed by atoms with Gasteiger partial charge in [-0.25, -0.2) is 4.57 Å². The van der Waals surface area contributed by atoms with Crippen molar-refractivity contribution in [1.29, 1.82) is 0 Å². The number of pyridine rings is 1. The molecule has 1 aromatic heterocycles. The Hall–Kier alpha value is -2.61. The summed E-state index contributed by atoms with van der Waals surface area (Å²) in [5.74, 6) is 1.45. The van der Waals surface area contributed by atoms with Gasteiger partial charge in [0, 0.05) is 18.7 Å². The van der Waals surface area contributed by atoms with Gasteiger partial charge in [0.25, 0.3) is 5.91 Å². The Morgan fingerprint density at radius 2 is 1.34 bits per heavy atom. The van der Waals surface area contributed by atoms with Gasteiger partial charge >= 0.3 is 0 Å². The van der Waals surface area contributed by atoms with E-state index in [9.17, 15) is 4.79 Å². The highest BCUT2D eigenvalue weighted by molar-refractivity contribution is 5.96. The molecular formula is C38H55IN2O3. The van der Waals surface area contributed by atoms with Crippen molar-refractivity contribution in [3.63, 3.8) is 0 Å². The SMILES string of the molecule is CCCCCCCCCCCCCCOc1cccc(CN(Cc2cccc[n+]2CC)C(=O)c2ccccc2OC)c1C.[I-]. The van der Waals surface area contributed by atoms with Crippen LogP contribution in [0.1, 0.15) is 118 Å². The van der Waals surface area contributed by atoms with E-state index in [1.54, 1.807) is 7.11 Å². The third kappa shape index (κ3) is 12.4. The Bertz CT molecular complexity index is 1230. The van der Waals surface area contributed by atoms with E-state index >= 15 is 0 Å². The van der Waals surface area contributed by atoms with Crippen molar-refractivity contribution in [2.45, 2.75) is 117 Å². The number of nitrogens with zero attached hydrogens (tertiary/aromatic N) is 2. The predicted octanol–water partition coefficient (Wildman–Crippen LogP) is 6.24. The van der Waals surface area contributed by atoms with Crippen molar-refractivity contribution in [3.05, 3.63) is 89.2 Å². The zero-order valence-corrected chi connectivity index (χ0v) is 29.8. The molecule has 0 bridgehead atoms. The number of aromatic nitrogens is 1. The highest BCUT2D eigenvalue weighted by Gasteiger charge is 2.24. The molecule has 0 atom stereocenters. The average Bonchev–Trinajstić information content (AvgIpc) is 3.04. The van der Waals surface area contributed by atoms with Crippen molar-refractivity contribution in [1.82, 2.24) is 4.90 Å². The second-order valence-corrected chi connectivity index (χ2v) is 11.6. The molecule has 0 spiro atoms. The Morgan fingerprint density at radius 1 is 0.727 bits per heavy atom. The monoisotopic (exact) mass is 714 g/mol. The molecule has 0 fully saturated rings. The van der Waals surface area contributed by atoms with Crippen LogP contribution in [0.25, 0.3) is 0 Å². The molecule has 1 amide bonds. The number of halogens is 1. The summed E-state index contributed by atoms with van der Waals surface area (Å²) >= 11 is 0. The van der Waals surface area contributed by atoms with Gasteiger partial charge in [0.05, 0.1) is 19.3 Å². The minimum absolute atomic E-state index is 0. The standard InChI is InChI=1S/C38H55N2O3.HI/c1-5-7-8-9-10-11-12-13-14-15-16-21-29-43-36-27-22-23-33(32(36)3)30-40(31-34-24-19-20-28-39(34)6-2)38(41)35-25-17-18-26-37(35)42-4;/h17-20,22-28H,5-16,21,29-31H2,1-4H3;1H/q+1;/p-1. The van der Waals surface area contributed by atoms with Crippen molar-refractivity contribution < 1.29 is 42.8 Å². The third-order valence-electron chi connectivity index (χ3n) is 8.37. The first-order chi connectivity index (χ1) is 21.1. The van der Waals surface area contributed by atoms with E-state index < -0.39 is 0 Å². The lowest BCUT2D eigenvalue weighted by atomic mass is 10.1. The number of amides is 1. The molecule has 3 rings (SSSR count). The third-order valence-corrected chi connectivity index (χ3v) is 8.37. The second kappa shape index (κ2) is 22.0. The number of hydrogen-bond acceptors (Lipinski definition) is 3. The maximum atomic E-state index is 13.9. The molecule has 1 heterocycles. The summed E-state index contributed by atoms with van der Waals surface area (Å²) < 4.78 is 14.0. The van der Waals surface area contributed by atoms with Crippen LogP contribution in [0.2, 0.25) is 0 Å². The molecule has 0 N–H and O–H groups in total. The van der Waals surface area contributed by atoms with Crippen LogP contribution in [0, 0.1) is 6.92 Å². The highest BCUT2D eigenvalue weighted by atomic mass is 127. The molecule has 3 aromatic rings. The lowest BCUT2D eigenvalue weighted by Gasteiger charge is -2.24. The van der Waals surface area contributed by atoms with Crippen LogP contribution >= 0.6 is 0 Å². The Labute approximate surface area is 284 Å². The smallest absolute Gasteiger partial charge is 0.258 e. The molecule has 6 heteroatoms. The first kappa shape index (κ1) is 37.6. The first-order valence-electron chi connectivity index (χ1n) is 16.7. The Balaban J connectivity index is 0.00000675. The molecule has 0 unspecified atom stereocenters. The molecule has 0 aliphatic rings. The topological polar surface area (TPSA) is 42.7 Å². The van der Waals surface area contributed by atoms with Crippen LogP contribution in [-0.4, -0.2) is 24.5 Å². The van der Waals surface area contributed by atoms with Crippen LogP contribution in [0.15, 0.2) is 66.9 Å². The number of benzene rings is 2. The summed E-state index contributed by atoms with van der Waals surface area (Å²) in [5.41, 5.74) is 3.84. The molecule has 0 aliphatic heterocycles. The van der Waals surface area contributed by atoms with Gasteiger partial charge in [0.15, 0.2) is 6.20 Å². The zero-order valence-electron chi connectivity index (χ0n) is 27.7. The van der Waals surface area contributed by atoms with Crippen molar-refractivity contribution in [3.8, 4) is 11.5 Å². The number of ether oxygens (including phenoxy) is 2. The van der Waals surface area contributed by atoms with Crippen molar-refractivity contribution in [2.24, 2.45) is 0 Å². The van der Waals surface area contributed by atoms with Gasteiger partial charge in [-0.05, 0) is 49.6 Å². The maximum absolute atomic E-state index is 13.9. The molecule has 0 radical (unpaired) electrons. The summed E-state index contributed by atoms with van der Waals surface area (Å²) in [7, 11) is 1.61. The maximum Gasteiger partial charge on any atom is 0.258 e. The molecule has 242 valence electrons. The van der Waals surface area contributed by atoms with Gasteiger partial charge in [-0.15, -0.1) is 0 Å². The molecule has 44 heavy (non-hydrogen) atoms. The van der Waals surface area contributed by atoms with Crippen LogP contribution < -0.4 is 38.0 Å². The van der Waals surface area contributed by atoms with Gasteiger partial charge in [-0.2, -0.15) is 0 Å². The van der Waals surface area contributed by atoms with Gasteiger partial charge in [-0.1, -0.05) is 108 Å². The molecular weight excluding hydrogens is 659 g/mol. The number of aryl methyl sites for hydroxylation is 1. The molecule has 0 saturated carbocycles.